The van der Waals surface area contributed by atoms with Gasteiger partial charge in [-0.05, 0) is 51.0 Å². The molecule has 0 bridgehead atoms. The lowest BCUT2D eigenvalue weighted by Crippen LogP contribution is -2.48. The van der Waals surface area contributed by atoms with Gasteiger partial charge in [-0.2, -0.15) is 0 Å². The van der Waals surface area contributed by atoms with Crippen LogP contribution in [0.4, 0.5) is 0 Å². The fraction of sp³-hybridized carbons (Fsp3) is 1.00. The topological polar surface area (TPSA) is 44.3 Å². The van der Waals surface area contributed by atoms with Crippen molar-refractivity contribution in [1.82, 2.24) is 10.6 Å². The average Bonchev–Trinajstić information content (AvgIpc) is 2.41. The van der Waals surface area contributed by atoms with Gasteiger partial charge in [-0.25, -0.2) is 0 Å². The molecule has 106 valence electrons. The Bertz CT molecular complexity index is 231. The van der Waals surface area contributed by atoms with E-state index in [0.717, 1.165) is 38.4 Å². The molecule has 0 aromatic heterocycles. The van der Waals surface area contributed by atoms with Crippen LogP contribution in [0.3, 0.4) is 0 Å². The number of aliphatic hydroxyl groups is 1. The van der Waals surface area contributed by atoms with Gasteiger partial charge in [0.1, 0.15) is 0 Å². The highest BCUT2D eigenvalue weighted by Gasteiger charge is 2.32. The maximum Gasteiger partial charge on any atom is 0.0771 e. The predicted octanol–water partition coefficient (Wildman–Crippen LogP) is 2.05. The van der Waals surface area contributed by atoms with E-state index < -0.39 is 5.60 Å². The van der Waals surface area contributed by atoms with E-state index in [1.807, 2.05) is 0 Å². The van der Waals surface area contributed by atoms with Crippen molar-refractivity contribution in [3.05, 3.63) is 0 Å². The van der Waals surface area contributed by atoms with E-state index in [-0.39, 0.29) is 0 Å². The van der Waals surface area contributed by atoms with Gasteiger partial charge in [0.05, 0.1) is 5.60 Å². The molecule has 3 nitrogen and oxygen atoms in total. The molecule has 3 heteroatoms. The van der Waals surface area contributed by atoms with Crippen LogP contribution in [0.2, 0.25) is 0 Å². The van der Waals surface area contributed by atoms with Gasteiger partial charge in [0.2, 0.25) is 0 Å². The van der Waals surface area contributed by atoms with Crippen molar-refractivity contribution in [3.8, 4) is 0 Å². The standard InChI is InChI=1S/C15H30N2O/c1-2-13-6-8-15(18,9-7-13)12-16-11-14-5-3-4-10-17-14/h13-14,16-18H,2-12H2,1H3. The molecule has 2 rings (SSSR count). The molecule has 18 heavy (non-hydrogen) atoms. The molecule has 0 radical (unpaired) electrons. The highest BCUT2D eigenvalue weighted by Crippen LogP contribution is 2.33. The lowest BCUT2D eigenvalue weighted by Gasteiger charge is -2.36. The monoisotopic (exact) mass is 254 g/mol. The molecule has 1 aliphatic heterocycles. The zero-order chi connectivity index (χ0) is 12.8. The van der Waals surface area contributed by atoms with Gasteiger partial charge in [0.25, 0.3) is 0 Å². The van der Waals surface area contributed by atoms with Crippen molar-refractivity contribution >= 4 is 0 Å². The Hall–Kier alpha value is -0.120. The van der Waals surface area contributed by atoms with Crippen LogP contribution in [0.25, 0.3) is 0 Å². The summed E-state index contributed by atoms with van der Waals surface area (Å²) in [5.41, 5.74) is -0.430. The van der Waals surface area contributed by atoms with Crippen molar-refractivity contribution in [1.29, 1.82) is 0 Å². The molecule has 0 aromatic rings. The lowest BCUT2D eigenvalue weighted by atomic mass is 9.78. The summed E-state index contributed by atoms with van der Waals surface area (Å²) in [6, 6.07) is 0.620. The summed E-state index contributed by atoms with van der Waals surface area (Å²) in [6.07, 6.45) is 9.60. The molecule has 2 aliphatic rings. The second-order valence-corrected chi connectivity index (χ2v) is 6.35. The fourth-order valence-corrected chi connectivity index (χ4v) is 3.38. The van der Waals surface area contributed by atoms with Gasteiger partial charge in [-0.3, -0.25) is 0 Å². The first-order valence-corrected chi connectivity index (χ1v) is 7.88. The third-order valence-electron chi connectivity index (χ3n) is 4.87. The molecular formula is C15H30N2O. The van der Waals surface area contributed by atoms with Gasteiger partial charge in [-0.1, -0.05) is 19.8 Å². The number of piperidine rings is 1. The molecule has 1 atom stereocenters. The third-order valence-corrected chi connectivity index (χ3v) is 4.87. The zero-order valence-electron chi connectivity index (χ0n) is 11.9. The van der Waals surface area contributed by atoms with Crippen LogP contribution in [0.15, 0.2) is 0 Å². The molecule has 3 N–H and O–H groups in total. The summed E-state index contributed by atoms with van der Waals surface area (Å²) >= 11 is 0. The minimum atomic E-state index is -0.430. The van der Waals surface area contributed by atoms with Gasteiger partial charge >= 0.3 is 0 Å². The second-order valence-electron chi connectivity index (χ2n) is 6.35. The highest BCUT2D eigenvalue weighted by atomic mass is 16.3. The summed E-state index contributed by atoms with van der Waals surface area (Å²) in [6.45, 7) is 5.22. The third kappa shape index (κ3) is 4.22. The molecular weight excluding hydrogens is 224 g/mol. The summed E-state index contributed by atoms with van der Waals surface area (Å²) in [7, 11) is 0. The minimum Gasteiger partial charge on any atom is -0.389 e. The molecule has 1 saturated heterocycles. The number of hydrogen-bond acceptors (Lipinski definition) is 3. The first-order valence-electron chi connectivity index (χ1n) is 7.88. The van der Waals surface area contributed by atoms with Crippen molar-refractivity contribution in [2.75, 3.05) is 19.6 Å². The van der Waals surface area contributed by atoms with E-state index in [2.05, 4.69) is 17.6 Å². The minimum absolute atomic E-state index is 0.430. The normalized spacial score (nSPS) is 37.7. The molecule has 0 aromatic carbocycles. The molecule has 2 fully saturated rings. The number of rotatable bonds is 5. The maximum absolute atomic E-state index is 10.5. The van der Waals surface area contributed by atoms with Crippen molar-refractivity contribution in [2.24, 2.45) is 5.92 Å². The van der Waals surface area contributed by atoms with E-state index in [9.17, 15) is 5.11 Å². The van der Waals surface area contributed by atoms with Crippen molar-refractivity contribution in [2.45, 2.75) is 69.9 Å². The zero-order valence-corrected chi connectivity index (χ0v) is 11.9. The summed E-state index contributed by atoms with van der Waals surface area (Å²) in [4.78, 5) is 0. The first-order chi connectivity index (χ1) is 8.72. The Morgan fingerprint density at radius 3 is 2.61 bits per heavy atom. The predicted molar refractivity (Wildman–Crippen MR) is 75.7 cm³/mol. The first kappa shape index (κ1) is 14.3. The number of hydrogen-bond donors (Lipinski definition) is 3. The largest absolute Gasteiger partial charge is 0.389 e. The maximum atomic E-state index is 10.5. The Morgan fingerprint density at radius 1 is 1.22 bits per heavy atom. The van der Waals surface area contributed by atoms with Crippen LogP contribution < -0.4 is 10.6 Å². The Morgan fingerprint density at radius 2 is 2.00 bits per heavy atom. The van der Waals surface area contributed by atoms with E-state index in [0.29, 0.717) is 6.04 Å². The van der Waals surface area contributed by atoms with Crippen molar-refractivity contribution in [3.63, 3.8) is 0 Å². The van der Waals surface area contributed by atoms with E-state index in [1.165, 1.54) is 38.5 Å². The SMILES string of the molecule is CCC1CCC(O)(CNCC2CCCCN2)CC1. The van der Waals surface area contributed by atoms with Crippen molar-refractivity contribution < 1.29 is 5.11 Å². The van der Waals surface area contributed by atoms with Crippen LogP contribution in [-0.2, 0) is 0 Å². The summed E-state index contributed by atoms with van der Waals surface area (Å²) in [5.74, 6) is 0.852. The molecule has 0 amide bonds. The highest BCUT2D eigenvalue weighted by molar-refractivity contribution is 4.88. The quantitative estimate of drug-likeness (QED) is 0.703. The van der Waals surface area contributed by atoms with Gasteiger partial charge < -0.3 is 15.7 Å². The average molecular weight is 254 g/mol. The van der Waals surface area contributed by atoms with E-state index in [4.69, 9.17) is 0 Å². The Balaban J connectivity index is 1.63. The molecule has 1 aliphatic carbocycles. The Kier molecular flexibility index (Phi) is 5.46. The molecule has 1 saturated carbocycles. The molecule has 0 spiro atoms. The van der Waals surface area contributed by atoms with Crippen LogP contribution in [0.5, 0.6) is 0 Å². The van der Waals surface area contributed by atoms with E-state index >= 15 is 0 Å². The fourth-order valence-electron chi connectivity index (χ4n) is 3.38. The van der Waals surface area contributed by atoms with Crippen LogP contribution >= 0.6 is 0 Å². The smallest absolute Gasteiger partial charge is 0.0771 e. The number of nitrogens with one attached hydrogen (secondary N) is 2. The van der Waals surface area contributed by atoms with E-state index in [1.54, 1.807) is 0 Å². The molecule has 1 heterocycles. The van der Waals surface area contributed by atoms with Crippen LogP contribution in [0.1, 0.15) is 58.3 Å². The Labute approximate surface area is 112 Å². The van der Waals surface area contributed by atoms with Crippen LogP contribution in [0, 0.1) is 5.92 Å². The van der Waals surface area contributed by atoms with Gasteiger partial charge in [-0.15, -0.1) is 0 Å². The molecule has 1 unspecified atom stereocenters. The van der Waals surface area contributed by atoms with Gasteiger partial charge in [0, 0.05) is 19.1 Å². The van der Waals surface area contributed by atoms with Crippen LogP contribution in [-0.4, -0.2) is 36.4 Å². The lowest BCUT2D eigenvalue weighted by molar-refractivity contribution is -0.00891. The summed E-state index contributed by atoms with van der Waals surface area (Å²) < 4.78 is 0. The van der Waals surface area contributed by atoms with Gasteiger partial charge in [0.15, 0.2) is 0 Å². The second kappa shape index (κ2) is 6.88. The summed E-state index contributed by atoms with van der Waals surface area (Å²) in [5, 5.41) is 17.6.